The number of anilines is 1. The van der Waals surface area contributed by atoms with Crippen molar-refractivity contribution in [3.63, 3.8) is 0 Å². The number of rotatable bonds is 7. The quantitative estimate of drug-likeness (QED) is 0.729. The van der Waals surface area contributed by atoms with Crippen LogP contribution in [0.25, 0.3) is 0 Å². The van der Waals surface area contributed by atoms with E-state index in [9.17, 15) is 9.59 Å². The zero-order valence-corrected chi connectivity index (χ0v) is 16.5. The molecule has 2 rings (SSSR count). The molecule has 0 saturated carbocycles. The lowest BCUT2D eigenvalue weighted by Gasteiger charge is -2.15. The molecule has 0 aliphatic carbocycles. The number of ether oxygens (including phenoxy) is 2. The van der Waals surface area contributed by atoms with E-state index >= 15 is 0 Å². The largest absolute Gasteiger partial charge is 0.479 e. The van der Waals surface area contributed by atoms with Crippen molar-refractivity contribution in [1.29, 1.82) is 0 Å². The molecule has 27 heavy (non-hydrogen) atoms. The summed E-state index contributed by atoms with van der Waals surface area (Å²) in [6.07, 6.45) is -0.710. The molecule has 0 unspecified atom stereocenters. The van der Waals surface area contributed by atoms with Crippen LogP contribution >= 0.6 is 0 Å². The van der Waals surface area contributed by atoms with Crippen molar-refractivity contribution in [2.45, 2.75) is 40.7 Å². The number of aryl methyl sites for hydroxylation is 2. The fourth-order valence-electron chi connectivity index (χ4n) is 2.45. The van der Waals surface area contributed by atoms with Crippen molar-refractivity contribution in [1.82, 2.24) is 0 Å². The molecule has 2 aromatic carbocycles. The van der Waals surface area contributed by atoms with Gasteiger partial charge in [-0.15, -0.1) is 0 Å². The van der Waals surface area contributed by atoms with Crippen molar-refractivity contribution >= 4 is 17.6 Å². The van der Waals surface area contributed by atoms with Gasteiger partial charge in [-0.3, -0.25) is 4.79 Å². The summed E-state index contributed by atoms with van der Waals surface area (Å²) in [5.74, 6) is 0.182. The Balaban J connectivity index is 1.95. The average Bonchev–Trinajstić information content (AvgIpc) is 2.62. The topological polar surface area (TPSA) is 64.6 Å². The van der Waals surface area contributed by atoms with Crippen LogP contribution in [0.4, 0.5) is 5.69 Å². The van der Waals surface area contributed by atoms with Gasteiger partial charge in [-0.1, -0.05) is 31.5 Å². The lowest BCUT2D eigenvalue weighted by molar-refractivity contribution is -0.152. The second kappa shape index (κ2) is 9.21. The molecule has 5 nitrogen and oxygen atoms in total. The lowest BCUT2D eigenvalue weighted by Crippen LogP contribution is -2.27. The van der Waals surface area contributed by atoms with Crippen LogP contribution in [0.2, 0.25) is 0 Å². The number of esters is 1. The van der Waals surface area contributed by atoms with Crippen molar-refractivity contribution in [2.75, 3.05) is 11.9 Å². The first-order valence-electron chi connectivity index (χ1n) is 9.08. The SMILES string of the molecule is Cc1ccc(NC(=O)c2ccc(O[C@H](C)C(=O)OCC(C)C)cc2)c(C)c1. The molecular formula is C22H27NO4. The minimum absolute atomic E-state index is 0.196. The molecule has 0 aromatic heterocycles. The summed E-state index contributed by atoms with van der Waals surface area (Å²) >= 11 is 0. The van der Waals surface area contributed by atoms with Crippen LogP contribution in [0.3, 0.4) is 0 Å². The van der Waals surface area contributed by atoms with Gasteiger partial charge < -0.3 is 14.8 Å². The van der Waals surface area contributed by atoms with Gasteiger partial charge in [0.1, 0.15) is 5.75 Å². The van der Waals surface area contributed by atoms with Gasteiger partial charge >= 0.3 is 5.97 Å². The van der Waals surface area contributed by atoms with E-state index in [4.69, 9.17) is 9.47 Å². The van der Waals surface area contributed by atoms with E-state index in [1.54, 1.807) is 31.2 Å². The summed E-state index contributed by atoms with van der Waals surface area (Å²) in [5, 5.41) is 2.91. The molecule has 0 radical (unpaired) electrons. The summed E-state index contributed by atoms with van der Waals surface area (Å²) in [7, 11) is 0. The second-order valence-electron chi connectivity index (χ2n) is 7.08. The maximum Gasteiger partial charge on any atom is 0.347 e. The molecule has 0 aliphatic rings. The van der Waals surface area contributed by atoms with E-state index < -0.39 is 12.1 Å². The molecule has 1 N–H and O–H groups in total. The molecule has 0 heterocycles. The Bertz CT molecular complexity index is 796. The molecule has 144 valence electrons. The molecule has 2 aromatic rings. The molecular weight excluding hydrogens is 342 g/mol. The fraction of sp³-hybridized carbons (Fsp3) is 0.364. The summed E-state index contributed by atoms with van der Waals surface area (Å²) < 4.78 is 10.7. The Hall–Kier alpha value is -2.82. The van der Waals surface area contributed by atoms with Gasteiger partial charge in [0.15, 0.2) is 6.10 Å². The van der Waals surface area contributed by atoms with Crippen LogP contribution in [-0.2, 0) is 9.53 Å². The summed E-state index contributed by atoms with van der Waals surface area (Å²) in [6, 6.07) is 12.5. The number of amides is 1. The third-order valence-corrected chi connectivity index (χ3v) is 3.95. The first-order chi connectivity index (χ1) is 12.8. The van der Waals surface area contributed by atoms with Gasteiger partial charge in [-0.05, 0) is 62.6 Å². The average molecular weight is 369 g/mol. The molecule has 0 saturated heterocycles. The Labute approximate surface area is 160 Å². The van der Waals surface area contributed by atoms with Crippen molar-refractivity contribution < 1.29 is 19.1 Å². The highest BCUT2D eigenvalue weighted by molar-refractivity contribution is 6.04. The number of carbonyl (C=O) groups is 2. The third kappa shape index (κ3) is 6.13. The molecule has 0 fully saturated rings. The second-order valence-corrected chi connectivity index (χ2v) is 7.08. The van der Waals surface area contributed by atoms with Crippen LogP contribution in [0.5, 0.6) is 5.75 Å². The highest BCUT2D eigenvalue weighted by atomic mass is 16.6. The Morgan fingerprint density at radius 2 is 1.67 bits per heavy atom. The lowest BCUT2D eigenvalue weighted by atomic mass is 10.1. The third-order valence-electron chi connectivity index (χ3n) is 3.95. The van der Waals surface area contributed by atoms with Gasteiger partial charge in [0.2, 0.25) is 0 Å². The van der Waals surface area contributed by atoms with Crippen LogP contribution in [0.15, 0.2) is 42.5 Å². The molecule has 0 aliphatic heterocycles. The van der Waals surface area contributed by atoms with Gasteiger partial charge in [-0.25, -0.2) is 4.79 Å². The highest BCUT2D eigenvalue weighted by Crippen LogP contribution is 2.19. The number of hydrogen-bond acceptors (Lipinski definition) is 4. The number of nitrogens with one attached hydrogen (secondary N) is 1. The van der Waals surface area contributed by atoms with Crippen LogP contribution in [0, 0.1) is 19.8 Å². The van der Waals surface area contributed by atoms with Crippen LogP contribution in [0.1, 0.15) is 42.3 Å². The Morgan fingerprint density at radius 1 is 1.00 bits per heavy atom. The Kier molecular flexibility index (Phi) is 6.99. The number of benzene rings is 2. The Morgan fingerprint density at radius 3 is 2.26 bits per heavy atom. The van der Waals surface area contributed by atoms with Crippen molar-refractivity contribution in [3.8, 4) is 5.75 Å². The molecule has 0 bridgehead atoms. The zero-order valence-electron chi connectivity index (χ0n) is 16.5. The van der Waals surface area contributed by atoms with Crippen LogP contribution in [-0.4, -0.2) is 24.6 Å². The summed E-state index contributed by atoms with van der Waals surface area (Å²) in [4.78, 5) is 24.3. The normalized spacial score (nSPS) is 11.8. The van der Waals surface area contributed by atoms with E-state index in [-0.39, 0.29) is 11.8 Å². The molecule has 1 atom stereocenters. The molecule has 5 heteroatoms. The summed E-state index contributed by atoms with van der Waals surface area (Å²) in [5.41, 5.74) is 3.45. The molecule has 0 spiro atoms. The predicted octanol–water partition coefficient (Wildman–Crippen LogP) is 4.52. The maximum atomic E-state index is 12.4. The van der Waals surface area contributed by atoms with Crippen molar-refractivity contribution in [2.24, 2.45) is 5.92 Å². The standard InChI is InChI=1S/C22H27NO4/c1-14(2)13-26-22(25)17(5)27-19-9-7-18(8-10-19)21(24)23-20-11-6-15(3)12-16(20)4/h6-12,14,17H,13H2,1-5H3,(H,23,24)/t17-/m1/s1. The molecule has 1 amide bonds. The zero-order chi connectivity index (χ0) is 20.0. The first kappa shape index (κ1) is 20.5. The van der Waals surface area contributed by atoms with E-state index in [0.717, 1.165) is 16.8 Å². The first-order valence-corrected chi connectivity index (χ1v) is 9.08. The maximum absolute atomic E-state index is 12.4. The highest BCUT2D eigenvalue weighted by Gasteiger charge is 2.17. The minimum atomic E-state index is -0.710. The van der Waals surface area contributed by atoms with Gasteiger partial charge in [0.05, 0.1) is 6.61 Å². The van der Waals surface area contributed by atoms with E-state index in [1.807, 2.05) is 45.9 Å². The van der Waals surface area contributed by atoms with Gasteiger partial charge in [0, 0.05) is 11.3 Å². The van der Waals surface area contributed by atoms with Gasteiger partial charge in [-0.2, -0.15) is 0 Å². The monoisotopic (exact) mass is 369 g/mol. The predicted molar refractivity (Wildman–Crippen MR) is 106 cm³/mol. The number of carbonyl (C=O) groups excluding carboxylic acids is 2. The number of hydrogen-bond donors (Lipinski definition) is 1. The fourth-order valence-corrected chi connectivity index (χ4v) is 2.45. The van der Waals surface area contributed by atoms with Crippen LogP contribution < -0.4 is 10.1 Å². The summed E-state index contributed by atoms with van der Waals surface area (Å²) in [6.45, 7) is 9.92. The minimum Gasteiger partial charge on any atom is -0.479 e. The smallest absolute Gasteiger partial charge is 0.347 e. The van der Waals surface area contributed by atoms with E-state index in [2.05, 4.69) is 5.32 Å². The van der Waals surface area contributed by atoms with E-state index in [1.165, 1.54) is 0 Å². The van der Waals surface area contributed by atoms with E-state index in [0.29, 0.717) is 17.9 Å². The van der Waals surface area contributed by atoms with Crippen molar-refractivity contribution in [3.05, 3.63) is 59.2 Å². The van der Waals surface area contributed by atoms with Gasteiger partial charge in [0.25, 0.3) is 5.91 Å².